The zero-order valence-corrected chi connectivity index (χ0v) is 24.4. The summed E-state index contributed by atoms with van der Waals surface area (Å²) in [6.07, 6.45) is -5.76. The standard InChI is InChI=1S/C33H33F3N2O6/c1-21(39)44-30-26(23-13-15-25(42-2)16-14-23)18-27-28(33(34,35)36)11-6-12-29(27)38(31(30)40)19-24-10-7-17-37(24)32(41)43-20-22-8-4-3-5-9-22/h3-6,8-9,11-16,24,26,30H,7,10,17-20H2,1-2H3/t24-,26-,30+/m0/s1. The van der Waals surface area contributed by atoms with Crippen LogP contribution in [0.1, 0.15) is 47.9 Å². The molecule has 2 aliphatic rings. The van der Waals surface area contributed by atoms with Gasteiger partial charge in [-0.05, 0) is 60.2 Å². The fraction of sp³-hybridized carbons (Fsp3) is 0.364. The minimum absolute atomic E-state index is 0.0569. The fourth-order valence-corrected chi connectivity index (χ4v) is 6.00. The van der Waals surface area contributed by atoms with Crippen LogP contribution in [0.5, 0.6) is 5.75 Å². The Bertz CT molecular complexity index is 1500. The van der Waals surface area contributed by atoms with E-state index >= 15 is 0 Å². The van der Waals surface area contributed by atoms with Crippen LogP contribution in [0.4, 0.5) is 23.7 Å². The van der Waals surface area contributed by atoms with Crippen LogP contribution in [0, 0.1) is 0 Å². The Morgan fingerprint density at radius 1 is 0.977 bits per heavy atom. The van der Waals surface area contributed by atoms with Gasteiger partial charge in [-0.3, -0.25) is 9.59 Å². The van der Waals surface area contributed by atoms with E-state index in [1.165, 1.54) is 29.0 Å². The summed E-state index contributed by atoms with van der Waals surface area (Å²) < 4.78 is 59.5. The van der Waals surface area contributed by atoms with Gasteiger partial charge >= 0.3 is 18.2 Å². The van der Waals surface area contributed by atoms with Crippen molar-refractivity contribution in [3.63, 3.8) is 0 Å². The molecule has 0 spiro atoms. The Morgan fingerprint density at radius 3 is 2.36 bits per heavy atom. The van der Waals surface area contributed by atoms with E-state index in [-0.39, 0.29) is 30.8 Å². The molecule has 11 heteroatoms. The van der Waals surface area contributed by atoms with E-state index in [9.17, 15) is 27.6 Å². The van der Waals surface area contributed by atoms with E-state index in [2.05, 4.69) is 0 Å². The number of carbonyl (C=O) groups excluding carboxylic acids is 3. The van der Waals surface area contributed by atoms with Crippen LogP contribution in [0.3, 0.4) is 0 Å². The predicted molar refractivity (Wildman–Crippen MR) is 155 cm³/mol. The van der Waals surface area contributed by atoms with E-state index in [0.717, 1.165) is 18.6 Å². The van der Waals surface area contributed by atoms with Gasteiger partial charge < -0.3 is 24.0 Å². The number of rotatable bonds is 7. The molecule has 3 aromatic carbocycles. The number of ether oxygens (including phenoxy) is 3. The monoisotopic (exact) mass is 610 g/mol. The highest BCUT2D eigenvalue weighted by atomic mass is 19.4. The van der Waals surface area contributed by atoms with E-state index in [1.807, 2.05) is 30.3 Å². The van der Waals surface area contributed by atoms with Crippen molar-refractivity contribution in [3.05, 3.63) is 95.1 Å². The first-order chi connectivity index (χ1) is 21.1. The van der Waals surface area contributed by atoms with E-state index < -0.39 is 47.8 Å². The van der Waals surface area contributed by atoms with Gasteiger partial charge in [-0.15, -0.1) is 0 Å². The second-order valence-electron chi connectivity index (χ2n) is 10.9. The Kier molecular flexibility index (Phi) is 9.12. The van der Waals surface area contributed by atoms with Crippen molar-refractivity contribution in [1.82, 2.24) is 4.90 Å². The molecule has 0 bridgehead atoms. The van der Waals surface area contributed by atoms with Crippen LogP contribution >= 0.6 is 0 Å². The van der Waals surface area contributed by atoms with Crippen molar-refractivity contribution in [2.24, 2.45) is 0 Å². The van der Waals surface area contributed by atoms with Crippen LogP contribution in [0.2, 0.25) is 0 Å². The summed E-state index contributed by atoms with van der Waals surface area (Å²) in [6, 6.07) is 18.9. The van der Waals surface area contributed by atoms with Gasteiger partial charge in [0.2, 0.25) is 0 Å². The molecule has 0 radical (unpaired) electrons. The maximum absolute atomic E-state index is 14.4. The van der Waals surface area contributed by atoms with Crippen LogP contribution in [0.15, 0.2) is 72.8 Å². The molecule has 2 aliphatic heterocycles. The zero-order valence-electron chi connectivity index (χ0n) is 24.4. The lowest BCUT2D eigenvalue weighted by Gasteiger charge is -2.32. The second kappa shape index (κ2) is 13.0. The molecule has 0 N–H and O–H groups in total. The van der Waals surface area contributed by atoms with Crippen molar-refractivity contribution in [1.29, 1.82) is 0 Å². The Labute approximate surface area is 253 Å². The van der Waals surface area contributed by atoms with Crippen LogP contribution in [-0.2, 0) is 38.3 Å². The van der Waals surface area contributed by atoms with Gasteiger partial charge in [0, 0.05) is 31.6 Å². The van der Waals surface area contributed by atoms with Gasteiger partial charge in [0.15, 0.2) is 6.10 Å². The lowest BCUT2D eigenvalue weighted by molar-refractivity contribution is -0.154. The Morgan fingerprint density at radius 2 is 1.70 bits per heavy atom. The maximum Gasteiger partial charge on any atom is 0.416 e. The first-order valence-corrected chi connectivity index (χ1v) is 14.4. The normalized spacial score (nSPS) is 20.1. The van der Waals surface area contributed by atoms with Gasteiger partial charge in [0.25, 0.3) is 5.91 Å². The smallest absolute Gasteiger partial charge is 0.416 e. The molecule has 232 valence electrons. The SMILES string of the molecule is COc1ccc([C@@H]2Cc3c(cccc3C(F)(F)F)N(C[C@@H]3CCCN3C(=O)OCc3ccccc3)C(=O)[C@@H]2OC(C)=O)cc1. The number of hydrogen-bond donors (Lipinski definition) is 0. The third kappa shape index (κ3) is 6.66. The summed E-state index contributed by atoms with van der Waals surface area (Å²) in [5.74, 6) is -1.80. The molecule has 0 unspecified atom stereocenters. The van der Waals surface area contributed by atoms with Crippen molar-refractivity contribution in [3.8, 4) is 5.75 Å². The number of fused-ring (bicyclic) bond motifs is 1. The average molecular weight is 611 g/mol. The average Bonchev–Trinajstić information content (AvgIpc) is 3.44. The summed E-state index contributed by atoms with van der Waals surface area (Å²) in [5.41, 5.74) is 0.437. The quantitative estimate of drug-likeness (QED) is 0.300. The first-order valence-electron chi connectivity index (χ1n) is 14.4. The molecule has 3 atom stereocenters. The molecule has 8 nitrogen and oxygen atoms in total. The molecule has 44 heavy (non-hydrogen) atoms. The summed E-state index contributed by atoms with van der Waals surface area (Å²) >= 11 is 0. The molecule has 2 heterocycles. The first kappa shape index (κ1) is 30.9. The number of nitrogens with zero attached hydrogens (tertiary/aromatic N) is 2. The zero-order chi connectivity index (χ0) is 31.4. The van der Waals surface area contributed by atoms with E-state index in [0.29, 0.717) is 30.7 Å². The number of likely N-dealkylation sites (tertiary alicyclic amines) is 1. The molecule has 0 aliphatic carbocycles. The Balaban J connectivity index is 1.52. The highest BCUT2D eigenvalue weighted by Crippen LogP contribution is 2.43. The highest BCUT2D eigenvalue weighted by molar-refractivity contribution is 6.00. The lowest BCUT2D eigenvalue weighted by atomic mass is 9.86. The molecule has 1 fully saturated rings. The van der Waals surface area contributed by atoms with Crippen LogP contribution in [0.25, 0.3) is 0 Å². The molecular weight excluding hydrogens is 577 g/mol. The number of amides is 2. The molecule has 2 amide bonds. The maximum atomic E-state index is 14.4. The van der Waals surface area contributed by atoms with Crippen molar-refractivity contribution < 1.29 is 41.8 Å². The van der Waals surface area contributed by atoms with Crippen molar-refractivity contribution in [2.45, 2.75) is 57.0 Å². The summed E-state index contributed by atoms with van der Waals surface area (Å²) in [5, 5.41) is 0. The number of methoxy groups -OCH3 is 1. The molecule has 0 saturated carbocycles. The third-order valence-electron chi connectivity index (χ3n) is 8.09. The minimum atomic E-state index is -4.70. The molecule has 3 aromatic rings. The topological polar surface area (TPSA) is 85.4 Å². The van der Waals surface area contributed by atoms with Crippen LogP contribution < -0.4 is 9.64 Å². The molecule has 0 aromatic heterocycles. The number of halogens is 3. The number of anilines is 1. The van der Waals surface area contributed by atoms with Crippen molar-refractivity contribution in [2.75, 3.05) is 25.1 Å². The lowest BCUT2D eigenvalue weighted by Crippen LogP contribution is -2.49. The van der Waals surface area contributed by atoms with E-state index in [1.54, 1.807) is 24.3 Å². The summed E-state index contributed by atoms with van der Waals surface area (Å²) in [6.45, 7) is 1.49. The summed E-state index contributed by atoms with van der Waals surface area (Å²) in [7, 11) is 1.49. The third-order valence-corrected chi connectivity index (χ3v) is 8.09. The predicted octanol–water partition coefficient (Wildman–Crippen LogP) is 6.12. The fourth-order valence-electron chi connectivity index (χ4n) is 6.00. The van der Waals surface area contributed by atoms with E-state index in [4.69, 9.17) is 14.2 Å². The van der Waals surface area contributed by atoms with Gasteiger partial charge in [-0.2, -0.15) is 13.2 Å². The second-order valence-corrected chi connectivity index (χ2v) is 10.9. The van der Waals surface area contributed by atoms with Crippen molar-refractivity contribution >= 4 is 23.7 Å². The summed E-state index contributed by atoms with van der Waals surface area (Å²) in [4.78, 5) is 42.4. The number of esters is 1. The number of hydrogen-bond acceptors (Lipinski definition) is 6. The highest BCUT2D eigenvalue weighted by Gasteiger charge is 2.45. The van der Waals surface area contributed by atoms with Gasteiger partial charge in [-0.25, -0.2) is 4.79 Å². The minimum Gasteiger partial charge on any atom is -0.497 e. The Hall–Kier alpha value is -4.54. The van der Waals surface area contributed by atoms with Crippen LogP contribution in [-0.4, -0.2) is 55.2 Å². The largest absolute Gasteiger partial charge is 0.497 e. The van der Waals surface area contributed by atoms with Gasteiger partial charge in [0.05, 0.1) is 18.7 Å². The number of benzene rings is 3. The van der Waals surface area contributed by atoms with Gasteiger partial charge in [-0.1, -0.05) is 48.5 Å². The number of alkyl halides is 3. The van der Waals surface area contributed by atoms with Gasteiger partial charge in [0.1, 0.15) is 12.4 Å². The number of carbonyl (C=O) groups is 3. The molecular formula is C33H33F3N2O6. The molecule has 1 saturated heterocycles. The molecule has 5 rings (SSSR count).